The van der Waals surface area contributed by atoms with Gasteiger partial charge in [-0.05, 0) is 25.0 Å². The van der Waals surface area contributed by atoms with Crippen LogP contribution in [0.5, 0.6) is 0 Å². The minimum atomic E-state index is -0.922. The van der Waals surface area contributed by atoms with Crippen LogP contribution in [-0.4, -0.2) is 5.11 Å². The highest BCUT2D eigenvalue weighted by Gasteiger charge is 2.32. The van der Waals surface area contributed by atoms with Gasteiger partial charge < -0.3 is 5.11 Å². The van der Waals surface area contributed by atoms with Gasteiger partial charge in [0.05, 0.1) is 5.60 Å². The molecule has 0 aromatic heterocycles. The predicted octanol–water partition coefficient (Wildman–Crippen LogP) is 4.25. The molecule has 0 fully saturated rings. The maximum atomic E-state index is 11.0. The van der Waals surface area contributed by atoms with Crippen LogP contribution in [0.1, 0.15) is 30.9 Å². The molecular formula is C18H20O. The zero-order chi connectivity index (χ0) is 13.7. The van der Waals surface area contributed by atoms with Crippen LogP contribution in [0.15, 0.2) is 72.8 Å². The quantitative estimate of drug-likeness (QED) is 0.806. The molecule has 0 heterocycles. The monoisotopic (exact) mass is 252 g/mol. The van der Waals surface area contributed by atoms with Crippen molar-refractivity contribution < 1.29 is 5.11 Å². The summed E-state index contributed by atoms with van der Waals surface area (Å²) in [5, 5.41) is 11.0. The van der Waals surface area contributed by atoms with Gasteiger partial charge in [0.15, 0.2) is 0 Å². The van der Waals surface area contributed by atoms with Gasteiger partial charge in [-0.15, -0.1) is 0 Å². The summed E-state index contributed by atoms with van der Waals surface area (Å²) in [6.07, 6.45) is 4.05. The van der Waals surface area contributed by atoms with Gasteiger partial charge in [-0.1, -0.05) is 72.8 Å². The van der Waals surface area contributed by atoms with Crippen LogP contribution in [-0.2, 0) is 5.60 Å². The van der Waals surface area contributed by atoms with Crippen molar-refractivity contribution in [1.29, 1.82) is 0 Å². The van der Waals surface area contributed by atoms with Crippen LogP contribution in [0, 0.1) is 0 Å². The normalized spacial score (nSPS) is 16.2. The Bertz CT molecular complexity index is 526. The lowest BCUT2D eigenvalue weighted by atomic mass is 9.78. The molecule has 19 heavy (non-hydrogen) atoms. The Morgan fingerprint density at radius 3 is 2.00 bits per heavy atom. The minimum absolute atomic E-state index is 0.0545. The summed E-state index contributed by atoms with van der Waals surface area (Å²) in [5.74, 6) is -0.0545. The van der Waals surface area contributed by atoms with Crippen molar-refractivity contribution in [3.8, 4) is 0 Å². The van der Waals surface area contributed by atoms with E-state index in [2.05, 4.69) is 18.2 Å². The van der Waals surface area contributed by atoms with Crippen molar-refractivity contribution in [2.24, 2.45) is 0 Å². The first-order chi connectivity index (χ1) is 9.16. The van der Waals surface area contributed by atoms with Crippen molar-refractivity contribution in [3.63, 3.8) is 0 Å². The van der Waals surface area contributed by atoms with E-state index in [-0.39, 0.29) is 5.92 Å². The highest BCUT2D eigenvalue weighted by molar-refractivity contribution is 5.33. The molecule has 0 unspecified atom stereocenters. The van der Waals surface area contributed by atoms with Crippen LogP contribution in [0.4, 0.5) is 0 Å². The number of hydrogen-bond acceptors (Lipinski definition) is 1. The zero-order valence-electron chi connectivity index (χ0n) is 11.5. The van der Waals surface area contributed by atoms with Gasteiger partial charge in [0, 0.05) is 5.92 Å². The lowest BCUT2D eigenvalue weighted by Gasteiger charge is -2.32. The average molecular weight is 252 g/mol. The average Bonchev–Trinajstić information content (AvgIpc) is 2.46. The Hall–Kier alpha value is -1.86. The third-order valence-electron chi connectivity index (χ3n) is 3.51. The van der Waals surface area contributed by atoms with E-state index in [1.807, 2.05) is 68.5 Å². The second-order valence-electron chi connectivity index (χ2n) is 4.93. The van der Waals surface area contributed by atoms with E-state index in [9.17, 15) is 5.11 Å². The number of rotatable bonds is 4. The molecule has 2 rings (SSSR count). The molecule has 0 spiro atoms. The van der Waals surface area contributed by atoms with E-state index < -0.39 is 5.60 Å². The molecule has 0 saturated carbocycles. The molecular weight excluding hydrogens is 232 g/mol. The summed E-state index contributed by atoms with van der Waals surface area (Å²) in [4.78, 5) is 0. The molecule has 2 atom stereocenters. The van der Waals surface area contributed by atoms with Crippen molar-refractivity contribution in [1.82, 2.24) is 0 Å². The van der Waals surface area contributed by atoms with Crippen molar-refractivity contribution in [2.75, 3.05) is 0 Å². The van der Waals surface area contributed by atoms with Gasteiger partial charge in [0.1, 0.15) is 0 Å². The molecule has 2 aromatic rings. The second-order valence-corrected chi connectivity index (χ2v) is 4.93. The second kappa shape index (κ2) is 5.85. The van der Waals surface area contributed by atoms with Crippen molar-refractivity contribution >= 4 is 0 Å². The maximum absolute atomic E-state index is 11.0. The topological polar surface area (TPSA) is 20.2 Å². The molecule has 0 aliphatic carbocycles. The van der Waals surface area contributed by atoms with E-state index in [1.165, 1.54) is 0 Å². The Balaban J connectivity index is 2.45. The first-order valence-electron chi connectivity index (χ1n) is 6.62. The fourth-order valence-electron chi connectivity index (χ4n) is 2.43. The summed E-state index contributed by atoms with van der Waals surface area (Å²) in [7, 11) is 0. The molecule has 1 heteroatoms. The van der Waals surface area contributed by atoms with Gasteiger partial charge in [0.2, 0.25) is 0 Å². The van der Waals surface area contributed by atoms with Gasteiger partial charge >= 0.3 is 0 Å². The smallest absolute Gasteiger partial charge is 0.0971 e. The largest absolute Gasteiger partial charge is 0.384 e. The van der Waals surface area contributed by atoms with Crippen LogP contribution in [0.3, 0.4) is 0 Å². The molecule has 0 saturated heterocycles. The highest BCUT2D eigenvalue weighted by Crippen LogP contribution is 2.37. The van der Waals surface area contributed by atoms with E-state index in [1.54, 1.807) is 0 Å². The third kappa shape index (κ3) is 2.94. The summed E-state index contributed by atoms with van der Waals surface area (Å²) in [5.41, 5.74) is 1.13. The SMILES string of the molecule is C/C=C/[C@H](c1ccccc1)[C@](C)(O)c1ccccc1. The number of aliphatic hydroxyl groups is 1. The Morgan fingerprint density at radius 1 is 0.947 bits per heavy atom. The first kappa shape index (κ1) is 13.6. The number of hydrogen-bond donors (Lipinski definition) is 1. The Morgan fingerprint density at radius 2 is 1.47 bits per heavy atom. The lowest BCUT2D eigenvalue weighted by Crippen LogP contribution is -2.29. The molecule has 0 aliphatic heterocycles. The Kier molecular flexibility index (Phi) is 4.18. The summed E-state index contributed by atoms with van der Waals surface area (Å²) >= 11 is 0. The molecule has 2 aromatic carbocycles. The Labute approximate surface area is 115 Å². The fourth-order valence-corrected chi connectivity index (χ4v) is 2.43. The lowest BCUT2D eigenvalue weighted by molar-refractivity contribution is 0.0416. The molecule has 0 aliphatic rings. The molecule has 0 radical (unpaired) electrons. The molecule has 1 nitrogen and oxygen atoms in total. The van der Waals surface area contributed by atoms with Gasteiger partial charge in [-0.3, -0.25) is 0 Å². The third-order valence-corrected chi connectivity index (χ3v) is 3.51. The van der Waals surface area contributed by atoms with Crippen molar-refractivity contribution in [2.45, 2.75) is 25.4 Å². The van der Waals surface area contributed by atoms with E-state index in [0.717, 1.165) is 11.1 Å². The molecule has 0 bridgehead atoms. The fraction of sp³-hybridized carbons (Fsp3) is 0.222. The molecule has 1 N–H and O–H groups in total. The van der Waals surface area contributed by atoms with Crippen LogP contribution in [0.25, 0.3) is 0 Å². The molecule has 0 amide bonds. The summed E-state index contributed by atoms with van der Waals surface area (Å²) < 4.78 is 0. The zero-order valence-corrected chi connectivity index (χ0v) is 11.5. The molecule has 98 valence electrons. The number of benzene rings is 2. The highest BCUT2D eigenvalue weighted by atomic mass is 16.3. The summed E-state index contributed by atoms with van der Waals surface area (Å²) in [6.45, 7) is 3.86. The van der Waals surface area contributed by atoms with E-state index in [4.69, 9.17) is 0 Å². The van der Waals surface area contributed by atoms with E-state index in [0.29, 0.717) is 0 Å². The van der Waals surface area contributed by atoms with Gasteiger partial charge in [-0.2, -0.15) is 0 Å². The van der Waals surface area contributed by atoms with Crippen LogP contribution < -0.4 is 0 Å². The predicted molar refractivity (Wildman–Crippen MR) is 80.0 cm³/mol. The maximum Gasteiger partial charge on any atom is 0.0971 e. The van der Waals surface area contributed by atoms with Crippen LogP contribution in [0.2, 0.25) is 0 Å². The van der Waals surface area contributed by atoms with E-state index >= 15 is 0 Å². The first-order valence-corrected chi connectivity index (χ1v) is 6.62. The van der Waals surface area contributed by atoms with Gasteiger partial charge in [0.25, 0.3) is 0 Å². The number of allylic oxidation sites excluding steroid dienone is 1. The minimum Gasteiger partial charge on any atom is -0.384 e. The van der Waals surface area contributed by atoms with Gasteiger partial charge in [-0.25, -0.2) is 0 Å². The van der Waals surface area contributed by atoms with Crippen LogP contribution >= 0.6 is 0 Å². The summed E-state index contributed by atoms with van der Waals surface area (Å²) in [6, 6.07) is 20.0. The van der Waals surface area contributed by atoms with Crippen molar-refractivity contribution in [3.05, 3.63) is 83.9 Å². The standard InChI is InChI=1S/C18H20O/c1-3-10-17(15-11-6-4-7-12-15)18(2,19)16-13-8-5-9-14-16/h3-14,17,19H,1-2H3/b10-3+/t17-,18-/m1/s1.